The Bertz CT molecular complexity index is 216. The highest BCUT2D eigenvalue weighted by Gasteiger charge is 2.58. The van der Waals surface area contributed by atoms with Crippen LogP contribution in [0.15, 0.2) is 0 Å². The zero-order valence-corrected chi connectivity index (χ0v) is 15.9. The van der Waals surface area contributed by atoms with Crippen molar-refractivity contribution in [2.45, 2.75) is 51.0 Å². The summed E-state index contributed by atoms with van der Waals surface area (Å²) in [7, 11) is 2.72. The minimum atomic E-state index is 0.425. The first-order valence-corrected chi connectivity index (χ1v) is 8.58. The molecule has 1 saturated heterocycles. The predicted octanol–water partition coefficient (Wildman–Crippen LogP) is 1.41. The third kappa shape index (κ3) is 1.47. The van der Waals surface area contributed by atoms with Crippen LogP contribution in [0.1, 0.15) is 41.5 Å². The normalized spacial score (nSPS) is 39.9. The van der Waals surface area contributed by atoms with Crippen molar-refractivity contribution < 1.29 is 0 Å². The van der Waals surface area contributed by atoms with Crippen LogP contribution in [0.25, 0.3) is 0 Å². The fourth-order valence-electron chi connectivity index (χ4n) is 2.32. The van der Waals surface area contributed by atoms with Crippen LogP contribution in [0.5, 0.6) is 0 Å². The van der Waals surface area contributed by atoms with Crippen LogP contribution in [0, 0.1) is 10.8 Å². The van der Waals surface area contributed by atoms with Gasteiger partial charge in [-0.25, -0.2) is 0 Å². The van der Waals surface area contributed by atoms with E-state index < -0.39 is 0 Å². The van der Waals surface area contributed by atoms with Crippen LogP contribution < -0.4 is 0 Å². The molecule has 0 aromatic carbocycles. The van der Waals surface area contributed by atoms with Gasteiger partial charge in [-0.05, 0) is 21.2 Å². The van der Waals surface area contributed by atoms with Gasteiger partial charge in [-0.2, -0.15) is 11.8 Å². The average molecular weight is 247 g/mol. The van der Waals surface area contributed by atoms with Crippen molar-refractivity contribution in [1.29, 1.82) is 0 Å². The van der Waals surface area contributed by atoms with Crippen molar-refractivity contribution >= 4 is 32.2 Å². The molecule has 0 nitrogen and oxygen atoms in total. The molecule has 1 aliphatic heterocycles. The molecule has 1 heterocycles. The second kappa shape index (κ2) is 3.14. The van der Waals surface area contributed by atoms with Gasteiger partial charge in [0.25, 0.3) is 0 Å². The number of rotatable bonds is 0. The number of thioether (sulfide) groups is 1. The highest BCUT2D eigenvalue weighted by molar-refractivity contribution is 8.00. The summed E-state index contributed by atoms with van der Waals surface area (Å²) in [6, 6.07) is 0. The second-order valence-electron chi connectivity index (χ2n) is 6.93. The van der Waals surface area contributed by atoms with Gasteiger partial charge in [0, 0.05) is 25.2 Å². The summed E-state index contributed by atoms with van der Waals surface area (Å²) < 4.78 is 1.13. The van der Waals surface area contributed by atoms with Crippen molar-refractivity contribution in [3.63, 3.8) is 0 Å². The molecule has 1 rings (SSSR count). The average Bonchev–Trinajstić information content (AvgIpc) is 1.98. The SMILES string of the molecule is CC1(C)SCC([SiH3])([SiH3])C(C)(C)C1(C)C. The van der Waals surface area contributed by atoms with E-state index in [-0.39, 0.29) is 0 Å². The van der Waals surface area contributed by atoms with E-state index in [9.17, 15) is 0 Å². The molecule has 14 heavy (non-hydrogen) atoms. The van der Waals surface area contributed by atoms with Gasteiger partial charge in [-0.1, -0.05) is 41.5 Å². The van der Waals surface area contributed by atoms with Crippen molar-refractivity contribution in [3.8, 4) is 0 Å². The monoisotopic (exact) mass is 246 g/mol. The quantitative estimate of drug-likeness (QED) is 0.583. The molecular formula is C11H26SSi2. The highest BCUT2D eigenvalue weighted by atomic mass is 32.2. The molecule has 0 unspecified atom stereocenters. The Morgan fingerprint density at radius 3 is 1.64 bits per heavy atom. The van der Waals surface area contributed by atoms with Crippen molar-refractivity contribution in [3.05, 3.63) is 0 Å². The zero-order chi connectivity index (χ0) is 11.4. The largest absolute Gasteiger partial charge is 0.155 e. The molecule has 0 atom stereocenters. The van der Waals surface area contributed by atoms with Crippen LogP contribution >= 0.6 is 11.8 Å². The Morgan fingerprint density at radius 2 is 1.29 bits per heavy atom. The van der Waals surface area contributed by atoms with Crippen molar-refractivity contribution in [2.24, 2.45) is 10.8 Å². The zero-order valence-electron chi connectivity index (χ0n) is 11.1. The van der Waals surface area contributed by atoms with E-state index in [1.165, 1.54) is 26.2 Å². The number of hydrogen-bond donors (Lipinski definition) is 0. The molecule has 0 bridgehead atoms. The van der Waals surface area contributed by atoms with E-state index in [1.807, 2.05) is 0 Å². The lowest BCUT2D eigenvalue weighted by Crippen LogP contribution is -2.58. The molecule has 1 aliphatic rings. The van der Waals surface area contributed by atoms with Gasteiger partial charge in [0.05, 0.1) is 0 Å². The third-order valence-corrected chi connectivity index (χ3v) is 11.9. The summed E-state index contributed by atoms with van der Waals surface area (Å²) in [5.41, 5.74) is 0.944. The van der Waals surface area contributed by atoms with Gasteiger partial charge in [0.1, 0.15) is 0 Å². The van der Waals surface area contributed by atoms with Crippen molar-refractivity contribution in [2.75, 3.05) is 5.75 Å². The molecule has 0 saturated carbocycles. The van der Waals surface area contributed by atoms with E-state index in [2.05, 4.69) is 53.3 Å². The predicted molar refractivity (Wildman–Crippen MR) is 76.7 cm³/mol. The van der Waals surface area contributed by atoms with Crippen molar-refractivity contribution in [1.82, 2.24) is 0 Å². The maximum absolute atomic E-state index is 2.51. The van der Waals surface area contributed by atoms with Crippen LogP contribution in [0.3, 0.4) is 0 Å². The van der Waals surface area contributed by atoms with E-state index in [0.717, 1.165) is 0 Å². The Labute approximate surface area is 99.8 Å². The Balaban J connectivity index is 3.20. The smallest absolute Gasteiger partial charge is 0.0159 e. The first-order valence-electron chi connectivity index (χ1n) is 5.60. The number of hydrogen-bond acceptors (Lipinski definition) is 1. The maximum atomic E-state index is 2.51. The summed E-state index contributed by atoms with van der Waals surface area (Å²) in [6.07, 6.45) is 0. The topological polar surface area (TPSA) is 0 Å². The molecular weight excluding hydrogens is 220 g/mol. The summed E-state index contributed by atoms with van der Waals surface area (Å²) in [5, 5.41) is 0. The van der Waals surface area contributed by atoms with Gasteiger partial charge < -0.3 is 0 Å². The van der Waals surface area contributed by atoms with Gasteiger partial charge in [0.2, 0.25) is 0 Å². The molecule has 1 fully saturated rings. The molecule has 0 amide bonds. The Kier molecular flexibility index (Phi) is 2.88. The van der Waals surface area contributed by atoms with E-state index in [0.29, 0.717) is 20.2 Å². The fraction of sp³-hybridized carbons (Fsp3) is 1.00. The molecule has 0 aromatic heterocycles. The molecule has 0 radical (unpaired) electrons. The van der Waals surface area contributed by atoms with E-state index in [4.69, 9.17) is 0 Å². The lowest BCUT2D eigenvalue weighted by molar-refractivity contribution is 0.0508. The van der Waals surface area contributed by atoms with Gasteiger partial charge >= 0.3 is 0 Å². The molecule has 3 heteroatoms. The van der Waals surface area contributed by atoms with Crippen LogP contribution in [0.2, 0.25) is 4.66 Å². The third-order valence-electron chi connectivity index (χ3n) is 5.55. The van der Waals surface area contributed by atoms with E-state index in [1.54, 1.807) is 0 Å². The minimum absolute atomic E-state index is 0.425. The standard InChI is InChI=1S/C11H26SSi2/c1-8(2)9(3,4)11(13,14)7-12-10(8,5)6/h7H2,1-6,13-14H3. The lowest BCUT2D eigenvalue weighted by atomic mass is 9.59. The molecule has 0 N–H and O–H groups in total. The van der Waals surface area contributed by atoms with Crippen LogP contribution in [-0.4, -0.2) is 31.0 Å². The minimum Gasteiger partial charge on any atom is -0.155 e. The lowest BCUT2D eigenvalue weighted by Gasteiger charge is -2.63. The molecule has 84 valence electrons. The molecule has 0 aromatic rings. The first-order chi connectivity index (χ1) is 5.96. The second-order valence-corrected chi connectivity index (χ2v) is 14.9. The summed E-state index contributed by atoms with van der Waals surface area (Å²) >= 11 is 2.21. The Morgan fingerprint density at radius 1 is 0.857 bits per heavy atom. The van der Waals surface area contributed by atoms with Gasteiger partial charge in [-0.15, -0.1) is 0 Å². The van der Waals surface area contributed by atoms with E-state index >= 15 is 0 Å². The summed E-state index contributed by atoms with van der Waals surface area (Å²) in [5.74, 6) is 1.40. The van der Waals surface area contributed by atoms with Crippen LogP contribution in [0.4, 0.5) is 0 Å². The highest BCUT2D eigenvalue weighted by Crippen LogP contribution is 2.65. The molecule has 0 spiro atoms. The summed E-state index contributed by atoms with van der Waals surface area (Å²) in [6.45, 7) is 14.8. The fourth-order valence-corrected chi connectivity index (χ4v) is 6.13. The maximum Gasteiger partial charge on any atom is 0.0159 e. The summed E-state index contributed by atoms with van der Waals surface area (Å²) in [4.78, 5) is 0. The van der Waals surface area contributed by atoms with Gasteiger partial charge in [0.15, 0.2) is 0 Å². The van der Waals surface area contributed by atoms with Gasteiger partial charge in [-0.3, -0.25) is 0 Å². The first kappa shape index (κ1) is 12.9. The molecule has 0 aliphatic carbocycles. The Hall–Kier alpha value is 0.784. The van der Waals surface area contributed by atoms with Crippen LogP contribution in [-0.2, 0) is 0 Å².